The van der Waals surface area contributed by atoms with Gasteiger partial charge in [0.25, 0.3) is 5.91 Å². The SMILES string of the molecule is CNC(=O)c1sc2ncccc2c1C1CN(Cc2cn(C)c3cc(OC)ccc23)CCO1. The number of benzene rings is 1. The van der Waals surface area contributed by atoms with E-state index in [1.54, 1.807) is 20.4 Å². The van der Waals surface area contributed by atoms with Gasteiger partial charge in [0.1, 0.15) is 15.5 Å². The van der Waals surface area contributed by atoms with Crippen LogP contribution in [-0.4, -0.2) is 54.2 Å². The molecule has 0 radical (unpaired) electrons. The number of thiophene rings is 1. The lowest BCUT2D eigenvalue weighted by atomic mass is 10.0. The van der Waals surface area contributed by atoms with Gasteiger partial charge in [-0.05, 0) is 23.8 Å². The molecule has 1 unspecified atom stereocenters. The zero-order chi connectivity index (χ0) is 22.2. The van der Waals surface area contributed by atoms with Crippen molar-refractivity contribution in [2.24, 2.45) is 7.05 Å². The van der Waals surface area contributed by atoms with E-state index in [1.807, 2.05) is 18.2 Å². The first-order chi connectivity index (χ1) is 15.6. The second-order valence-corrected chi connectivity index (χ2v) is 9.02. The number of amides is 1. The number of nitrogens with zero attached hydrogens (tertiary/aromatic N) is 3. The van der Waals surface area contributed by atoms with E-state index in [1.165, 1.54) is 22.3 Å². The molecule has 166 valence electrons. The number of rotatable bonds is 5. The largest absolute Gasteiger partial charge is 0.497 e. The van der Waals surface area contributed by atoms with Crippen molar-refractivity contribution < 1.29 is 14.3 Å². The molecule has 0 bridgehead atoms. The first kappa shape index (κ1) is 20.9. The zero-order valence-corrected chi connectivity index (χ0v) is 19.2. The van der Waals surface area contributed by atoms with Crippen LogP contribution < -0.4 is 10.1 Å². The Labute approximate surface area is 190 Å². The van der Waals surface area contributed by atoms with Gasteiger partial charge in [-0.25, -0.2) is 4.98 Å². The number of hydrogen-bond acceptors (Lipinski definition) is 6. The lowest BCUT2D eigenvalue weighted by Gasteiger charge is -2.33. The minimum atomic E-state index is -0.177. The number of nitrogens with one attached hydrogen (secondary N) is 1. The molecule has 1 fully saturated rings. The molecule has 1 saturated heterocycles. The number of morpholine rings is 1. The van der Waals surface area contributed by atoms with Crippen LogP contribution in [0.4, 0.5) is 0 Å². The Hall–Kier alpha value is -2.94. The molecule has 4 heterocycles. The predicted molar refractivity (Wildman–Crippen MR) is 126 cm³/mol. The van der Waals surface area contributed by atoms with Gasteiger partial charge >= 0.3 is 0 Å². The van der Waals surface area contributed by atoms with E-state index in [4.69, 9.17) is 9.47 Å². The maximum absolute atomic E-state index is 12.6. The highest BCUT2D eigenvalue weighted by molar-refractivity contribution is 7.20. The second-order valence-electron chi connectivity index (χ2n) is 8.02. The first-order valence-corrected chi connectivity index (χ1v) is 11.5. The van der Waals surface area contributed by atoms with Crippen molar-refractivity contribution in [2.75, 3.05) is 33.9 Å². The summed E-state index contributed by atoms with van der Waals surface area (Å²) < 4.78 is 13.7. The molecule has 4 aromatic rings. The van der Waals surface area contributed by atoms with Crippen LogP contribution in [0.25, 0.3) is 21.1 Å². The third-order valence-corrected chi connectivity index (χ3v) is 7.21. The Kier molecular flexibility index (Phi) is 5.58. The summed E-state index contributed by atoms with van der Waals surface area (Å²) in [4.78, 5) is 21.0. The Morgan fingerprint density at radius 1 is 1.34 bits per heavy atom. The highest BCUT2D eigenvalue weighted by atomic mass is 32.1. The number of carbonyl (C=O) groups is 1. The van der Waals surface area contributed by atoms with Crippen molar-refractivity contribution in [2.45, 2.75) is 12.6 Å². The zero-order valence-electron chi connectivity index (χ0n) is 18.4. The lowest BCUT2D eigenvalue weighted by molar-refractivity contribution is -0.0322. The molecular weight excluding hydrogens is 424 g/mol. The number of ether oxygens (including phenoxy) is 2. The fourth-order valence-corrected chi connectivity index (χ4v) is 5.66. The summed E-state index contributed by atoms with van der Waals surface area (Å²) in [7, 11) is 5.41. The molecule has 1 aromatic carbocycles. The summed E-state index contributed by atoms with van der Waals surface area (Å²) in [6, 6.07) is 10.1. The van der Waals surface area contributed by atoms with Crippen LogP contribution in [0.5, 0.6) is 5.75 Å². The van der Waals surface area contributed by atoms with E-state index in [2.05, 4.69) is 45.1 Å². The van der Waals surface area contributed by atoms with Crippen LogP contribution in [0.15, 0.2) is 42.7 Å². The van der Waals surface area contributed by atoms with Gasteiger partial charge in [-0.15, -0.1) is 11.3 Å². The summed E-state index contributed by atoms with van der Waals surface area (Å²) in [5.74, 6) is 0.767. The standard InChI is InChI=1S/C24H26N4O3S/c1-25-23(29)22-21(18-5-4-8-26-24(18)32-22)20-14-28(9-10-31-20)13-15-12-27(2)19-11-16(30-3)6-7-17(15)19/h4-8,11-12,20H,9-10,13-14H2,1-3H3,(H,25,29). The van der Waals surface area contributed by atoms with Crippen molar-refractivity contribution in [3.8, 4) is 5.75 Å². The van der Waals surface area contributed by atoms with Crippen molar-refractivity contribution in [3.05, 3.63) is 58.7 Å². The average Bonchev–Trinajstić information content (AvgIpc) is 3.36. The van der Waals surface area contributed by atoms with E-state index in [0.717, 1.165) is 46.7 Å². The Morgan fingerprint density at radius 2 is 2.22 bits per heavy atom. The molecule has 8 heteroatoms. The lowest BCUT2D eigenvalue weighted by Crippen LogP contribution is -2.38. The van der Waals surface area contributed by atoms with E-state index >= 15 is 0 Å². The number of carbonyl (C=O) groups excluding carboxylic acids is 1. The van der Waals surface area contributed by atoms with E-state index in [9.17, 15) is 4.79 Å². The van der Waals surface area contributed by atoms with E-state index in [0.29, 0.717) is 11.5 Å². The molecule has 1 amide bonds. The quantitative estimate of drug-likeness (QED) is 0.502. The minimum Gasteiger partial charge on any atom is -0.497 e. The topological polar surface area (TPSA) is 68.6 Å². The Balaban J connectivity index is 1.45. The number of methoxy groups -OCH3 is 1. The van der Waals surface area contributed by atoms with E-state index < -0.39 is 0 Å². The van der Waals surface area contributed by atoms with Gasteiger partial charge in [0.15, 0.2) is 0 Å². The fourth-order valence-electron chi connectivity index (χ4n) is 4.52. The third-order valence-electron chi connectivity index (χ3n) is 6.08. The van der Waals surface area contributed by atoms with Crippen LogP contribution in [-0.2, 0) is 18.3 Å². The summed E-state index contributed by atoms with van der Waals surface area (Å²) in [6.07, 6.45) is 3.78. The summed E-state index contributed by atoms with van der Waals surface area (Å²) >= 11 is 1.43. The van der Waals surface area contributed by atoms with Gasteiger partial charge in [-0.3, -0.25) is 9.69 Å². The second kappa shape index (κ2) is 8.54. The number of hydrogen-bond donors (Lipinski definition) is 1. The summed E-state index contributed by atoms with van der Waals surface area (Å²) in [5, 5.41) is 5.00. The van der Waals surface area contributed by atoms with Crippen LogP contribution in [0, 0.1) is 0 Å². The van der Waals surface area contributed by atoms with Crippen LogP contribution in [0.1, 0.15) is 26.9 Å². The average molecular weight is 451 g/mol. The van der Waals surface area contributed by atoms with Crippen LogP contribution in [0.2, 0.25) is 0 Å². The number of pyridine rings is 1. The van der Waals surface area contributed by atoms with Crippen molar-refractivity contribution in [1.29, 1.82) is 0 Å². The van der Waals surface area contributed by atoms with Gasteiger partial charge in [-0.1, -0.05) is 6.07 Å². The number of fused-ring (bicyclic) bond motifs is 2. The molecule has 0 saturated carbocycles. The normalized spacial score (nSPS) is 17.2. The van der Waals surface area contributed by atoms with Gasteiger partial charge < -0.3 is 19.4 Å². The molecule has 5 rings (SSSR count). The Morgan fingerprint density at radius 3 is 3.03 bits per heavy atom. The molecular formula is C24H26N4O3S. The maximum Gasteiger partial charge on any atom is 0.261 e. The van der Waals surface area contributed by atoms with Gasteiger partial charge in [0.05, 0.1) is 25.3 Å². The predicted octanol–water partition coefficient (Wildman–Crippen LogP) is 3.73. The number of aryl methyl sites for hydroxylation is 1. The minimum absolute atomic E-state index is 0.0910. The number of aromatic nitrogens is 2. The molecule has 32 heavy (non-hydrogen) atoms. The smallest absolute Gasteiger partial charge is 0.261 e. The summed E-state index contributed by atoms with van der Waals surface area (Å²) in [5.41, 5.74) is 3.37. The van der Waals surface area contributed by atoms with Gasteiger partial charge in [0.2, 0.25) is 0 Å². The molecule has 7 nitrogen and oxygen atoms in total. The van der Waals surface area contributed by atoms with Gasteiger partial charge in [0, 0.05) is 68.5 Å². The van der Waals surface area contributed by atoms with Crippen molar-refractivity contribution in [3.63, 3.8) is 0 Å². The molecule has 1 aliphatic rings. The van der Waals surface area contributed by atoms with Crippen LogP contribution >= 0.6 is 11.3 Å². The molecule has 0 aliphatic carbocycles. The van der Waals surface area contributed by atoms with E-state index in [-0.39, 0.29) is 12.0 Å². The molecule has 1 aliphatic heterocycles. The van der Waals surface area contributed by atoms with Crippen LogP contribution in [0.3, 0.4) is 0 Å². The molecule has 1 atom stereocenters. The maximum atomic E-state index is 12.6. The third kappa shape index (κ3) is 3.64. The molecule has 1 N–H and O–H groups in total. The monoisotopic (exact) mass is 450 g/mol. The van der Waals surface area contributed by atoms with Crippen molar-refractivity contribution >= 4 is 38.4 Å². The highest BCUT2D eigenvalue weighted by Gasteiger charge is 2.30. The highest BCUT2D eigenvalue weighted by Crippen LogP contribution is 2.37. The molecule has 0 spiro atoms. The Bertz CT molecular complexity index is 1300. The molecule has 3 aromatic heterocycles. The summed E-state index contributed by atoms with van der Waals surface area (Å²) in [6.45, 7) is 3.00. The van der Waals surface area contributed by atoms with Gasteiger partial charge in [-0.2, -0.15) is 0 Å². The first-order valence-electron chi connectivity index (χ1n) is 10.6. The van der Waals surface area contributed by atoms with Crippen molar-refractivity contribution in [1.82, 2.24) is 19.8 Å². The fraction of sp³-hybridized carbons (Fsp3) is 0.333.